The van der Waals surface area contributed by atoms with Gasteiger partial charge in [0.05, 0.1) is 11.1 Å². The van der Waals surface area contributed by atoms with Crippen molar-refractivity contribution in [2.45, 2.75) is 43.7 Å². The quantitative estimate of drug-likeness (QED) is 0.885. The van der Waals surface area contributed by atoms with Crippen molar-refractivity contribution in [3.63, 3.8) is 0 Å². The lowest BCUT2D eigenvalue weighted by Gasteiger charge is -2.37. The highest BCUT2D eigenvalue weighted by Gasteiger charge is 2.45. The van der Waals surface area contributed by atoms with Crippen LogP contribution in [0.15, 0.2) is 48.5 Å². The summed E-state index contributed by atoms with van der Waals surface area (Å²) >= 11 is 6.18. The Bertz CT molecular complexity index is 754. The number of halogens is 1. The lowest BCUT2D eigenvalue weighted by molar-refractivity contribution is 0.00409. The second-order valence-electron chi connectivity index (χ2n) is 6.96. The van der Waals surface area contributed by atoms with Gasteiger partial charge in [-0.2, -0.15) is 0 Å². The van der Waals surface area contributed by atoms with Gasteiger partial charge < -0.3 is 15.6 Å². The third-order valence-corrected chi connectivity index (χ3v) is 5.68. The van der Waals surface area contributed by atoms with E-state index in [9.17, 15) is 5.11 Å². The second kappa shape index (κ2) is 6.96. The lowest BCUT2D eigenvalue weighted by atomic mass is 9.97. The Labute approximate surface area is 153 Å². The molecule has 1 fully saturated rings. The number of nitrogens with two attached hydrogens (primary N) is 1. The van der Waals surface area contributed by atoms with Crippen LogP contribution in [-0.2, 0) is 13.0 Å². The van der Waals surface area contributed by atoms with E-state index in [-0.39, 0.29) is 18.2 Å². The fraction of sp³-hybridized carbons (Fsp3) is 0.400. The van der Waals surface area contributed by atoms with Gasteiger partial charge in [-0.15, -0.1) is 0 Å². The lowest BCUT2D eigenvalue weighted by Crippen LogP contribution is -2.52. The molecule has 4 nitrogen and oxygen atoms in total. The first-order valence-corrected chi connectivity index (χ1v) is 9.17. The van der Waals surface area contributed by atoms with Crippen molar-refractivity contribution in [3.05, 3.63) is 64.7 Å². The van der Waals surface area contributed by atoms with Gasteiger partial charge in [-0.1, -0.05) is 48.0 Å². The molecule has 0 aromatic heterocycles. The zero-order valence-corrected chi connectivity index (χ0v) is 14.8. The maximum absolute atomic E-state index is 10.9. The van der Waals surface area contributed by atoms with E-state index in [1.807, 2.05) is 18.2 Å². The minimum absolute atomic E-state index is 0.0964. The number of fused-ring (bicyclic) bond motifs is 1. The van der Waals surface area contributed by atoms with Gasteiger partial charge in [0.25, 0.3) is 0 Å². The van der Waals surface area contributed by atoms with Crippen molar-refractivity contribution in [1.82, 2.24) is 4.90 Å². The normalized spacial score (nSPS) is 29.4. The van der Waals surface area contributed by atoms with Gasteiger partial charge in [-0.25, -0.2) is 0 Å². The molecular weight excluding hydrogens is 336 g/mol. The molecule has 1 aliphatic heterocycles. The molecule has 5 heteroatoms. The monoisotopic (exact) mass is 358 g/mol. The van der Waals surface area contributed by atoms with Crippen LogP contribution in [0.2, 0.25) is 5.02 Å². The molecule has 0 radical (unpaired) electrons. The van der Waals surface area contributed by atoms with Crippen LogP contribution in [0.25, 0.3) is 0 Å². The minimum atomic E-state index is -0.628. The van der Waals surface area contributed by atoms with Crippen molar-refractivity contribution >= 4 is 11.6 Å². The molecule has 1 aliphatic carbocycles. The Morgan fingerprint density at radius 2 is 1.80 bits per heavy atom. The van der Waals surface area contributed by atoms with E-state index in [4.69, 9.17) is 22.1 Å². The summed E-state index contributed by atoms with van der Waals surface area (Å²) in [7, 11) is 0. The molecule has 0 spiro atoms. The third kappa shape index (κ3) is 3.27. The summed E-state index contributed by atoms with van der Waals surface area (Å²) in [6.07, 6.45) is 0.644. The molecule has 2 aliphatic rings. The summed E-state index contributed by atoms with van der Waals surface area (Å²) in [6, 6.07) is 15.6. The fourth-order valence-corrected chi connectivity index (χ4v) is 4.28. The first kappa shape index (κ1) is 16.9. The van der Waals surface area contributed by atoms with Gasteiger partial charge in [0.1, 0.15) is 18.0 Å². The van der Waals surface area contributed by atoms with Gasteiger partial charge in [0.15, 0.2) is 0 Å². The summed E-state index contributed by atoms with van der Waals surface area (Å²) in [6.45, 7) is 1.73. The van der Waals surface area contributed by atoms with Crippen LogP contribution in [0.5, 0.6) is 5.75 Å². The number of hydrogen-bond acceptors (Lipinski definition) is 4. The molecule has 2 aromatic carbocycles. The molecule has 0 bridgehead atoms. The highest BCUT2D eigenvalue weighted by Crippen LogP contribution is 2.33. The van der Waals surface area contributed by atoms with Gasteiger partial charge in [0.2, 0.25) is 0 Å². The molecule has 0 amide bonds. The summed E-state index contributed by atoms with van der Waals surface area (Å²) in [5.74, 6) is 0.602. The van der Waals surface area contributed by atoms with E-state index in [0.29, 0.717) is 17.2 Å². The Morgan fingerprint density at radius 1 is 1.08 bits per heavy atom. The van der Waals surface area contributed by atoms with Crippen molar-refractivity contribution in [3.8, 4) is 5.75 Å². The van der Waals surface area contributed by atoms with Crippen LogP contribution in [0.3, 0.4) is 0 Å². The second-order valence-corrected chi connectivity index (χ2v) is 7.36. The molecule has 0 unspecified atom stereocenters. The van der Waals surface area contributed by atoms with Gasteiger partial charge >= 0.3 is 0 Å². The van der Waals surface area contributed by atoms with E-state index < -0.39 is 6.10 Å². The van der Waals surface area contributed by atoms with Crippen LogP contribution in [-0.4, -0.2) is 40.8 Å². The molecular formula is C20H23ClN2O2. The van der Waals surface area contributed by atoms with E-state index in [1.165, 1.54) is 11.1 Å². The number of rotatable bonds is 3. The van der Waals surface area contributed by atoms with Crippen LogP contribution in [0.1, 0.15) is 17.5 Å². The average molecular weight is 359 g/mol. The number of aliphatic hydroxyl groups is 1. The molecule has 4 rings (SSSR count). The highest BCUT2D eigenvalue weighted by atomic mass is 35.5. The number of hydrogen-bond donors (Lipinski definition) is 2. The predicted molar refractivity (Wildman–Crippen MR) is 98.8 cm³/mol. The minimum Gasteiger partial charge on any atom is -0.486 e. The third-order valence-electron chi connectivity index (χ3n) is 5.37. The van der Waals surface area contributed by atoms with E-state index >= 15 is 0 Å². The van der Waals surface area contributed by atoms with Crippen LogP contribution >= 0.6 is 11.6 Å². The smallest absolute Gasteiger partial charge is 0.138 e. The van der Waals surface area contributed by atoms with Crippen molar-refractivity contribution in [1.29, 1.82) is 0 Å². The van der Waals surface area contributed by atoms with E-state index in [0.717, 1.165) is 19.5 Å². The average Bonchev–Trinajstić information content (AvgIpc) is 2.90. The molecule has 1 saturated carbocycles. The Balaban J connectivity index is 1.49. The van der Waals surface area contributed by atoms with Crippen molar-refractivity contribution in [2.75, 3.05) is 6.54 Å². The van der Waals surface area contributed by atoms with Crippen molar-refractivity contribution in [2.24, 2.45) is 5.73 Å². The molecule has 3 N–H and O–H groups in total. The maximum atomic E-state index is 10.9. The van der Waals surface area contributed by atoms with Crippen LogP contribution in [0, 0.1) is 0 Å². The maximum Gasteiger partial charge on any atom is 0.138 e. The first-order chi connectivity index (χ1) is 12.1. The fourth-order valence-electron chi connectivity index (χ4n) is 4.10. The Hall–Kier alpha value is -1.59. The van der Waals surface area contributed by atoms with Gasteiger partial charge in [-0.05, 0) is 29.7 Å². The van der Waals surface area contributed by atoms with Gasteiger partial charge in [-0.3, -0.25) is 4.90 Å². The highest BCUT2D eigenvalue weighted by molar-refractivity contribution is 6.32. The van der Waals surface area contributed by atoms with Crippen LogP contribution < -0.4 is 10.5 Å². The number of ether oxygens (including phenoxy) is 1. The summed E-state index contributed by atoms with van der Waals surface area (Å²) in [4.78, 5) is 2.30. The standard InChI is InChI=1S/C20H23ClN2O2/c21-15-7-3-4-8-17(15)25-18-11-16(22)19(20(18)24)23-10-9-13-5-1-2-6-14(13)12-23/h1-8,16,18-20,24H,9-12,22H2/t16-,18-,19+,20+/m1/s1. The zero-order chi connectivity index (χ0) is 17.4. The zero-order valence-electron chi connectivity index (χ0n) is 14.0. The Morgan fingerprint density at radius 3 is 2.60 bits per heavy atom. The molecule has 25 heavy (non-hydrogen) atoms. The summed E-state index contributed by atoms with van der Waals surface area (Å²) in [5.41, 5.74) is 9.10. The molecule has 0 saturated heterocycles. The molecule has 2 aromatic rings. The topological polar surface area (TPSA) is 58.7 Å². The number of benzene rings is 2. The SMILES string of the molecule is N[C@@H]1C[C@@H](Oc2ccccc2Cl)[C@H](O)[C@H]1N1CCc2ccccc2C1. The molecule has 1 heterocycles. The number of aliphatic hydroxyl groups excluding tert-OH is 1. The summed E-state index contributed by atoms with van der Waals surface area (Å²) in [5, 5.41) is 11.4. The van der Waals surface area contributed by atoms with Crippen LogP contribution in [0.4, 0.5) is 0 Å². The van der Waals surface area contributed by atoms with E-state index in [1.54, 1.807) is 6.07 Å². The number of nitrogens with zero attached hydrogens (tertiary/aromatic N) is 1. The van der Waals surface area contributed by atoms with Crippen molar-refractivity contribution < 1.29 is 9.84 Å². The summed E-state index contributed by atoms with van der Waals surface area (Å²) < 4.78 is 5.99. The largest absolute Gasteiger partial charge is 0.486 e. The Kier molecular flexibility index (Phi) is 4.69. The molecule has 132 valence electrons. The van der Waals surface area contributed by atoms with E-state index in [2.05, 4.69) is 29.2 Å². The number of para-hydroxylation sites is 1. The first-order valence-electron chi connectivity index (χ1n) is 8.79. The van der Waals surface area contributed by atoms with Gasteiger partial charge in [0, 0.05) is 25.6 Å². The molecule has 4 atom stereocenters. The predicted octanol–water partition coefficient (Wildman–Crippen LogP) is 2.61.